The molecule has 0 saturated heterocycles. The van der Waals surface area contributed by atoms with E-state index in [0.717, 1.165) is 5.69 Å². The minimum absolute atomic E-state index is 0.325. The van der Waals surface area contributed by atoms with E-state index in [4.69, 9.17) is 10.4 Å². The lowest BCUT2D eigenvalue weighted by Gasteiger charge is -2.07. The summed E-state index contributed by atoms with van der Waals surface area (Å²) in [6, 6.07) is 3.55. The summed E-state index contributed by atoms with van der Waals surface area (Å²) in [6.45, 7) is 3.82. The Hall–Kier alpha value is -1.67. The standard InChI is InChI=1S/C9H12N4O/c1-6-3-8(4-10)13-9(12-6)11-5-7(2)14/h3,7,14H,5H2,1-2H3,(H,11,12,13)/t7-/m0/s1. The molecule has 0 bridgehead atoms. The van der Waals surface area contributed by atoms with Gasteiger partial charge in [-0.2, -0.15) is 5.26 Å². The van der Waals surface area contributed by atoms with Gasteiger partial charge in [-0.3, -0.25) is 0 Å². The van der Waals surface area contributed by atoms with Gasteiger partial charge in [0.2, 0.25) is 5.95 Å². The monoisotopic (exact) mass is 192 g/mol. The maximum absolute atomic E-state index is 9.03. The van der Waals surface area contributed by atoms with E-state index in [1.165, 1.54) is 0 Å². The molecule has 5 heteroatoms. The van der Waals surface area contributed by atoms with Crippen LogP contribution in [-0.2, 0) is 0 Å². The highest BCUT2D eigenvalue weighted by Crippen LogP contribution is 2.03. The van der Waals surface area contributed by atoms with Crippen molar-refractivity contribution >= 4 is 5.95 Å². The lowest BCUT2D eigenvalue weighted by Crippen LogP contribution is -2.17. The molecule has 0 aromatic carbocycles. The summed E-state index contributed by atoms with van der Waals surface area (Å²) < 4.78 is 0. The molecule has 1 aromatic heterocycles. The van der Waals surface area contributed by atoms with Gasteiger partial charge in [0.25, 0.3) is 0 Å². The van der Waals surface area contributed by atoms with Gasteiger partial charge in [0.15, 0.2) is 0 Å². The Bertz CT molecular complexity index is 356. The van der Waals surface area contributed by atoms with E-state index in [2.05, 4.69) is 15.3 Å². The number of aliphatic hydroxyl groups excluding tert-OH is 1. The molecule has 0 aliphatic heterocycles. The van der Waals surface area contributed by atoms with Crippen molar-refractivity contribution in [2.45, 2.75) is 20.0 Å². The van der Waals surface area contributed by atoms with E-state index in [1.54, 1.807) is 19.9 Å². The van der Waals surface area contributed by atoms with E-state index in [1.807, 2.05) is 6.07 Å². The Morgan fingerprint density at radius 3 is 2.93 bits per heavy atom. The fourth-order valence-electron chi connectivity index (χ4n) is 0.944. The van der Waals surface area contributed by atoms with Gasteiger partial charge in [-0.15, -0.1) is 0 Å². The number of aryl methyl sites for hydroxylation is 1. The van der Waals surface area contributed by atoms with Crippen LogP contribution in [0.2, 0.25) is 0 Å². The highest BCUT2D eigenvalue weighted by atomic mass is 16.3. The van der Waals surface area contributed by atoms with E-state index in [-0.39, 0.29) is 0 Å². The minimum Gasteiger partial charge on any atom is -0.392 e. The normalized spacial score (nSPS) is 11.9. The van der Waals surface area contributed by atoms with Crippen molar-refractivity contribution in [2.24, 2.45) is 0 Å². The molecule has 0 aliphatic carbocycles. The highest BCUT2D eigenvalue weighted by Gasteiger charge is 2.02. The first kappa shape index (κ1) is 10.4. The average molecular weight is 192 g/mol. The summed E-state index contributed by atoms with van der Waals surface area (Å²) in [5.41, 5.74) is 1.05. The molecule has 1 heterocycles. The van der Waals surface area contributed by atoms with Gasteiger partial charge in [-0.25, -0.2) is 9.97 Å². The van der Waals surface area contributed by atoms with Crippen molar-refractivity contribution in [3.05, 3.63) is 17.5 Å². The number of rotatable bonds is 3. The number of nitrogens with one attached hydrogen (secondary N) is 1. The van der Waals surface area contributed by atoms with Gasteiger partial charge < -0.3 is 10.4 Å². The number of nitrogens with zero attached hydrogens (tertiary/aromatic N) is 3. The fourth-order valence-corrected chi connectivity index (χ4v) is 0.944. The number of hydrogen-bond acceptors (Lipinski definition) is 5. The Morgan fingerprint density at radius 2 is 2.36 bits per heavy atom. The molecule has 0 radical (unpaired) electrons. The quantitative estimate of drug-likeness (QED) is 0.726. The van der Waals surface area contributed by atoms with Crippen LogP contribution in [0.15, 0.2) is 6.07 Å². The van der Waals surface area contributed by atoms with Crippen LogP contribution in [0.4, 0.5) is 5.95 Å². The van der Waals surface area contributed by atoms with Gasteiger partial charge in [-0.05, 0) is 19.9 Å². The van der Waals surface area contributed by atoms with Crippen LogP contribution in [0, 0.1) is 18.3 Å². The largest absolute Gasteiger partial charge is 0.392 e. The zero-order valence-corrected chi connectivity index (χ0v) is 8.15. The lowest BCUT2D eigenvalue weighted by atomic mass is 10.3. The summed E-state index contributed by atoms with van der Waals surface area (Å²) in [5, 5.41) is 20.5. The van der Waals surface area contributed by atoms with E-state index >= 15 is 0 Å². The van der Waals surface area contributed by atoms with Gasteiger partial charge in [-0.1, -0.05) is 0 Å². The molecule has 5 nitrogen and oxygen atoms in total. The van der Waals surface area contributed by atoms with E-state index in [0.29, 0.717) is 18.2 Å². The second-order valence-electron chi connectivity index (χ2n) is 3.06. The Balaban J connectivity index is 2.78. The molecule has 0 unspecified atom stereocenters. The van der Waals surface area contributed by atoms with Crippen molar-refractivity contribution in [1.29, 1.82) is 5.26 Å². The Labute approximate surface area is 82.4 Å². The molecule has 0 fully saturated rings. The van der Waals surface area contributed by atoms with E-state index < -0.39 is 6.10 Å². The van der Waals surface area contributed by atoms with Crippen LogP contribution >= 0.6 is 0 Å². The highest BCUT2D eigenvalue weighted by molar-refractivity contribution is 5.32. The third-order valence-electron chi connectivity index (χ3n) is 1.52. The number of anilines is 1. The second kappa shape index (κ2) is 4.53. The van der Waals surface area contributed by atoms with Crippen molar-refractivity contribution in [3.63, 3.8) is 0 Å². The average Bonchev–Trinajstić information content (AvgIpc) is 2.14. The van der Waals surface area contributed by atoms with Crippen LogP contribution in [-0.4, -0.2) is 27.7 Å². The first-order chi connectivity index (χ1) is 6.61. The number of hydrogen-bond donors (Lipinski definition) is 2. The first-order valence-electron chi connectivity index (χ1n) is 4.29. The predicted octanol–water partition coefficient (Wildman–Crippen LogP) is 0.449. The molecule has 0 saturated carbocycles. The first-order valence-corrected chi connectivity index (χ1v) is 4.29. The molecule has 74 valence electrons. The van der Waals surface area contributed by atoms with Crippen LogP contribution in [0.3, 0.4) is 0 Å². The molecule has 2 N–H and O–H groups in total. The van der Waals surface area contributed by atoms with Gasteiger partial charge in [0.05, 0.1) is 6.10 Å². The van der Waals surface area contributed by atoms with Crippen LogP contribution in [0.1, 0.15) is 18.3 Å². The molecule has 1 aromatic rings. The van der Waals surface area contributed by atoms with E-state index in [9.17, 15) is 0 Å². The fraction of sp³-hybridized carbons (Fsp3) is 0.444. The lowest BCUT2D eigenvalue weighted by molar-refractivity contribution is 0.208. The summed E-state index contributed by atoms with van der Waals surface area (Å²) in [7, 11) is 0. The third-order valence-corrected chi connectivity index (χ3v) is 1.52. The molecule has 1 rings (SSSR count). The maximum Gasteiger partial charge on any atom is 0.224 e. The van der Waals surface area contributed by atoms with Gasteiger partial charge in [0.1, 0.15) is 11.8 Å². The Kier molecular flexibility index (Phi) is 3.37. The molecular formula is C9H12N4O. The van der Waals surface area contributed by atoms with Crippen LogP contribution < -0.4 is 5.32 Å². The van der Waals surface area contributed by atoms with Crippen molar-refractivity contribution < 1.29 is 5.11 Å². The zero-order valence-electron chi connectivity index (χ0n) is 8.15. The smallest absolute Gasteiger partial charge is 0.224 e. The maximum atomic E-state index is 9.03. The van der Waals surface area contributed by atoms with Crippen molar-refractivity contribution in [1.82, 2.24) is 9.97 Å². The molecular weight excluding hydrogens is 180 g/mol. The Morgan fingerprint density at radius 1 is 1.64 bits per heavy atom. The van der Waals surface area contributed by atoms with Crippen LogP contribution in [0.25, 0.3) is 0 Å². The predicted molar refractivity (Wildman–Crippen MR) is 51.7 cm³/mol. The van der Waals surface area contributed by atoms with Gasteiger partial charge >= 0.3 is 0 Å². The summed E-state index contributed by atoms with van der Waals surface area (Å²) in [6.07, 6.45) is -0.468. The number of aromatic nitrogens is 2. The zero-order chi connectivity index (χ0) is 10.6. The summed E-state index contributed by atoms with van der Waals surface area (Å²) in [4.78, 5) is 8.00. The summed E-state index contributed by atoms with van der Waals surface area (Å²) in [5.74, 6) is 0.377. The molecule has 1 atom stereocenters. The topological polar surface area (TPSA) is 81.8 Å². The van der Waals surface area contributed by atoms with Crippen molar-refractivity contribution in [2.75, 3.05) is 11.9 Å². The van der Waals surface area contributed by atoms with Crippen LogP contribution in [0.5, 0.6) is 0 Å². The number of aliphatic hydroxyl groups is 1. The molecule has 0 aliphatic rings. The third kappa shape index (κ3) is 2.99. The minimum atomic E-state index is -0.468. The molecule has 14 heavy (non-hydrogen) atoms. The molecule has 0 spiro atoms. The molecule has 0 amide bonds. The number of nitriles is 1. The van der Waals surface area contributed by atoms with Crippen molar-refractivity contribution in [3.8, 4) is 6.07 Å². The second-order valence-corrected chi connectivity index (χ2v) is 3.06. The van der Waals surface area contributed by atoms with Gasteiger partial charge in [0, 0.05) is 12.2 Å². The SMILES string of the molecule is Cc1cc(C#N)nc(NC[C@H](C)O)n1. The summed E-state index contributed by atoms with van der Waals surface area (Å²) >= 11 is 0.